The monoisotopic (exact) mass is 199 g/mol. The fourth-order valence-corrected chi connectivity index (χ4v) is 1.52. The zero-order valence-electron chi connectivity index (χ0n) is 8.48. The molecule has 0 aromatic heterocycles. The van der Waals surface area contributed by atoms with Crippen molar-refractivity contribution >= 4 is 5.97 Å². The summed E-state index contributed by atoms with van der Waals surface area (Å²) >= 11 is 0. The van der Waals surface area contributed by atoms with Crippen molar-refractivity contribution in [1.29, 1.82) is 0 Å². The maximum absolute atomic E-state index is 10.8. The fourth-order valence-electron chi connectivity index (χ4n) is 1.52. The fraction of sp³-hybridized carbons (Fsp3) is 0.700. The summed E-state index contributed by atoms with van der Waals surface area (Å²) < 4.78 is 4.49. The molecule has 14 heavy (non-hydrogen) atoms. The Morgan fingerprint density at radius 3 is 2.71 bits per heavy atom. The van der Waals surface area contributed by atoms with Crippen LogP contribution in [0.15, 0.2) is 12.3 Å². The number of aliphatic hydroxyl groups is 1. The van der Waals surface area contributed by atoms with Crippen LogP contribution in [0.2, 0.25) is 0 Å². The molecule has 1 heterocycles. The van der Waals surface area contributed by atoms with Gasteiger partial charge in [0.1, 0.15) is 0 Å². The molecule has 1 fully saturated rings. The van der Waals surface area contributed by atoms with Gasteiger partial charge in [0.25, 0.3) is 0 Å². The van der Waals surface area contributed by atoms with Crippen LogP contribution in [-0.4, -0.2) is 42.8 Å². The van der Waals surface area contributed by atoms with Crippen LogP contribution < -0.4 is 0 Å². The molecule has 4 nitrogen and oxygen atoms in total. The lowest BCUT2D eigenvalue weighted by Crippen LogP contribution is -2.31. The molecule has 1 aliphatic rings. The standard InChI is InChI=1S/C10H17NO3/c1-14-10(13)4-7-11-5-2-9(8-12)3-6-11/h4,7,9,12H,2-3,5-6,8H2,1H3/b7-4+. The Morgan fingerprint density at radius 1 is 1.57 bits per heavy atom. The van der Waals surface area contributed by atoms with Crippen LogP contribution in [0.3, 0.4) is 0 Å². The molecular weight excluding hydrogens is 182 g/mol. The van der Waals surface area contributed by atoms with Crippen LogP contribution >= 0.6 is 0 Å². The second kappa shape index (κ2) is 5.65. The number of aliphatic hydroxyl groups excluding tert-OH is 1. The summed E-state index contributed by atoms with van der Waals surface area (Å²) in [4.78, 5) is 12.9. The highest BCUT2D eigenvalue weighted by Gasteiger charge is 2.15. The molecule has 0 aliphatic carbocycles. The van der Waals surface area contributed by atoms with E-state index >= 15 is 0 Å². The van der Waals surface area contributed by atoms with E-state index in [1.54, 1.807) is 6.20 Å². The molecule has 1 aliphatic heterocycles. The first-order valence-corrected chi connectivity index (χ1v) is 4.87. The van der Waals surface area contributed by atoms with Gasteiger partial charge in [-0.1, -0.05) is 0 Å². The zero-order chi connectivity index (χ0) is 10.4. The van der Waals surface area contributed by atoms with E-state index in [2.05, 4.69) is 9.64 Å². The van der Waals surface area contributed by atoms with Crippen LogP contribution in [0.25, 0.3) is 0 Å². The van der Waals surface area contributed by atoms with Gasteiger partial charge in [-0.25, -0.2) is 4.79 Å². The molecule has 0 spiro atoms. The number of hydrogen-bond acceptors (Lipinski definition) is 4. The van der Waals surface area contributed by atoms with E-state index in [-0.39, 0.29) is 12.6 Å². The lowest BCUT2D eigenvalue weighted by molar-refractivity contribution is -0.134. The molecule has 0 aromatic carbocycles. The van der Waals surface area contributed by atoms with Gasteiger partial charge in [0.15, 0.2) is 0 Å². The maximum atomic E-state index is 10.8. The lowest BCUT2D eigenvalue weighted by Gasteiger charge is -2.29. The van der Waals surface area contributed by atoms with Crippen LogP contribution in [0.5, 0.6) is 0 Å². The molecule has 0 aromatic rings. The Labute approximate surface area is 84.2 Å². The zero-order valence-corrected chi connectivity index (χ0v) is 8.48. The SMILES string of the molecule is COC(=O)/C=C/N1CCC(CO)CC1. The minimum absolute atomic E-state index is 0.272. The van der Waals surface area contributed by atoms with Gasteiger partial charge in [-0.2, -0.15) is 0 Å². The average Bonchev–Trinajstić information content (AvgIpc) is 2.26. The molecule has 80 valence electrons. The van der Waals surface area contributed by atoms with Crippen molar-refractivity contribution < 1.29 is 14.6 Å². The van der Waals surface area contributed by atoms with Gasteiger partial charge in [-0.3, -0.25) is 0 Å². The van der Waals surface area contributed by atoms with Gasteiger partial charge in [-0.15, -0.1) is 0 Å². The molecule has 1 saturated heterocycles. The van der Waals surface area contributed by atoms with Crippen LogP contribution in [-0.2, 0) is 9.53 Å². The largest absolute Gasteiger partial charge is 0.466 e. The van der Waals surface area contributed by atoms with Gasteiger partial charge in [0.05, 0.1) is 7.11 Å². The number of likely N-dealkylation sites (tertiary alicyclic amines) is 1. The van der Waals surface area contributed by atoms with E-state index in [1.165, 1.54) is 13.2 Å². The second-order valence-corrected chi connectivity index (χ2v) is 3.50. The highest BCUT2D eigenvalue weighted by Crippen LogP contribution is 2.16. The molecule has 0 saturated carbocycles. The molecule has 0 atom stereocenters. The molecule has 0 unspecified atom stereocenters. The summed E-state index contributed by atoms with van der Waals surface area (Å²) in [7, 11) is 1.37. The van der Waals surface area contributed by atoms with E-state index in [0.29, 0.717) is 5.92 Å². The first kappa shape index (κ1) is 11.0. The van der Waals surface area contributed by atoms with Crippen LogP contribution in [0, 0.1) is 5.92 Å². The van der Waals surface area contributed by atoms with E-state index in [4.69, 9.17) is 5.11 Å². The third-order valence-corrected chi connectivity index (χ3v) is 2.53. The van der Waals surface area contributed by atoms with Crippen LogP contribution in [0.4, 0.5) is 0 Å². The van der Waals surface area contributed by atoms with Crippen molar-refractivity contribution in [3.8, 4) is 0 Å². The summed E-state index contributed by atoms with van der Waals surface area (Å²) in [5.74, 6) is 0.104. The predicted molar refractivity (Wildman–Crippen MR) is 52.5 cm³/mol. The smallest absolute Gasteiger partial charge is 0.331 e. The molecular formula is C10H17NO3. The number of esters is 1. The van der Waals surface area contributed by atoms with Crippen molar-refractivity contribution in [3.63, 3.8) is 0 Å². The summed E-state index contributed by atoms with van der Waals surface area (Å²) in [6.07, 6.45) is 5.17. The van der Waals surface area contributed by atoms with E-state index in [0.717, 1.165) is 25.9 Å². The molecule has 1 N–H and O–H groups in total. The highest BCUT2D eigenvalue weighted by molar-refractivity contribution is 5.81. The summed E-state index contributed by atoms with van der Waals surface area (Å²) in [5, 5.41) is 8.92. The second-order valence-electron chi connectivity index (χ2n) is 3.50. The quantitative estimate of drug-likeness (QED) is 0.527. The Morgan fingerprint density at radius 2 is 2.21 bits per heavy atom. The minimum atomic E-state index is -0.325. The number of carbonyl (C=O) groups excluding carboxylic acids is 1. The predicted octanol–water partition coefficient (Wildman–Crippen LogP) is 0.377. The minimum Gasteiger partial charge on any atom is -0.466 e. The topological polar surface area (TPSA) is 49.8 Å². The lowest BCUT2D eigenvalue weighted by atomic mass is 9.98. The van der Waals surface area contributed by atoms with Gasteiger partial charge in [-0.05, 0) is 18.8 Å². The molecule has 0 bridgehead atoms. The Bertz CT molecular complexity index is 207. The molecule has 1 rings (SSSR count). The first-order valence-electron chi connectivity index (χ1n) is 4.87. The molecule has 0 amide bonds. The van der Waals surface area contributed by atoms with Gasteiger partial charge in [0, 0.05) is 32.0 Å². The Hall–Kier alpha value is -1.03. The average molecular weight is 199 g/mol. The Kier molecular flexibility index (Phi) is 4.46. The highest BCUT2D eigenvalue weighted by atomic mass is 16.5. The van der Waals surface area contributed by atoms with Crippen molar-refractivity contribution in [2.24, 2.45) is 5.92 Å². The first-order chi connectivity index (χ1) is 6.76. The van der Waals surface area contributed by atoms with Crippen LogP contribution in [0.1, 0.15) is 12.8 Å². The number of piperidine rings is 1. The summed E-state index contributed by atoms with van der Waals surface area (Å²) in [6.45, 7) is 2.08. The molecule has 4 heteroatoms. The van der Waals surface area contributed by atoms with Gasteiger partial charge >= 0.3 is 5.97 Å². The maximum Gasteiger partial charge on any atom is 0.331 e. The van der Waals surface area contributed by atoms with Crippen molar-refractivity contribution in [2.45, 2.75) is 12.8 Å². The van der Waals surface area contributed by atoms with E-state index in [1.807, 2.05) is 0 Å². The summed E-state index contributed by atoms with van der Waals surface area (Å²) in [6, 6.07) is 0. The normalized spacial score (nSPS) is 18.9. The number of nitrogens with zero attached hydrogens (tertiary/aromatic N) is 1. The third kappa shape index (κ3) is 3.38. The van der Waals surface area contributed by atoms with Crippen molar-refractivity contribution in [3.05, 3.63) is 12.3 Å². The third-order valence-electron chi connectivity index (χ3n) is 2.53. The van der Waals surface area contributed by atoms with E-state index < -0.39 is 0 Å². The van der Waals surface area contributed by atoms with Gasteiger partial charge < -0.3 is 14.7 Å². The number of carbonyl (C=O) groups is 1. The Balaban J connectivity index is 2.28. The number of rotatable bonds is 3. The van der Waals surface area contributed by atoms with Gasteiger partial charge in [0.2, 0.25) is 0 Å². The molecule has 0 radical (unpaired) electrons. The number of hydrogen-bond donors (Lipinski definition) is 1. The van der Waals surface area contributed by atoms with E-state index in [9.17, 15) is 4.79 Å². The number of ether oxygens (including phenoxy) is 1. The van der Waals surface area contributed by atoms with Crippen molar-refractivity contribution in [1.82, 2.24) is 4.90 Å². The number of methoxy groups -OCH3 is 1. The summed E-state index contributed by atoms with van der Waals surface area (Å²) in [5.41, 5.74) is 0. The van der Waals surface area contributed by atoms with Crippen molar-refractivity contribution in [2.75, 3.05) is 26.8 Å².